The van der Waals surface area contributed by atoms with E-state index in [1.165, 1.54) is 42.8 Å². The number of carbonyl (C=O) groups is 1. The van der Waals surface area contributed by atoms with Gasteiger partial charge in [-0.1, -0.05) is 31.2 Å². The van der Waals surface area contributed by atoms with Crippen LogP contribution in [0.25, 0.3) is 10.6 Å². The molecule has 4 nitrogen and oxygen atoms in total. The van der Waals surface area contributed by atoms with E-state index in [-0.39, 0.29) is 5.69 Å². The maximum atomic E-state index is 10.9. The number of aromatic nitrogens is 1. The Kier molecular flexibility index (Phi) is 4.55. The van der Waals surface area contributed by atoms with Crippen molar-refractivity contribution in [3.63, 3.8) is 0 Å². The topological polar surface area (TPSA) is 57.5 Å². The Morgan fingerprint density at radius 2 is 2.09 bits per heavy atom. The molecule has 22 heavy (non-hydrogen) atoms. The van der Waals surface area contributed by atoms with E-state index >= 15 is 0 Å². The van der Waals surface area contributed by atoms with Crippen LogP contribution in [-0.4, -0.2) is 24.0 Å². The van der Waals surface area contributed by atoms with Gasteiger partial charge in [-0.15, -0.1) is 11.3 Å². The molecule has 0 unspecified atom stereocenters. The number of aromatic carboxylic acids is 1. The SMILES string of the molecule is CC1CC[NH+](Cc2ccccc2-c2nc(C(=O)[O-])cs2)CC1. The molecule has 1 aliphatic rings. The molecule has 0 atom stereocenters. The second kappa shape index (κ2) is 6.58. The summed E-state index contributed by atoms with van der Waals surface area (Å²) in [5.41, 5.74) is 2.31. The molecule has 0 aliphatic carbocycles. The standard InChI is InChI=1S/C17H20N2O2S/c1-12-6-8-19(9-7-12)10-13-4-2-3-5-14(13)16-18-15(11-22-16)17(20)21/h2-5,11-12H,6-10H2,1H3,(H,20,21). The Labute approximate surface area is 134 Å². The van der Waals surface area contributed by atoms with Crippen LogP contribution in [0.3, 0.4) is 0 Å². The zero-order chi connectivity index (χ0) is 15.5. The van der Waals surface area contributed by atoms with Gasteiger partial charge in [-0.3, -0.25) is 0 Å². The molecule has 0 amide bonds. The molecule has 0 saturated carbocycles. The van der Waals surface area contributed by atoms with E-state index in [2.05, 4.69) is 18.0 Å². The number of carbonyl (C=O) groups excluding carboxylic acids is 1. The predicted octanol–water partition coefficient (Wildman–Crippen LogP) is 0.988. The summed E-state index contributed by atoms with van der Waals surface area (Å²) in [7, 11) is 0. The fraction of sp³-hybridized carbons (Fsp3) is 0.412. The lowest BCUT2D eigenvalue weighted by Gasteiger charge is -2.27. The van der Waals surface area contributed by atoms with E-state index < -0.39 is 5.97 Å². The number of hydrogen-bond acceptors (Lipinski definition) is 4. The fourth-order valence-corrected chi connectivity index (χ4v) is 3.84. The van der Waals surface area contributed by atoms with Crippen molar-refractivity contribution in [1.29, 1.82) is 0 Å². The van der Waals surface area contributed by atoms with Gasteiger partial charge in [0.25, 0.3) is 0 Å². The number of carboxylic acid groups (broad SMARTS) is 1. The zero-order valence-electron chi connectivity index (χ0n) is 12.7. The summed E-state index contributed by atoms with van der Waals surface area (Å²) >= 11 is 1.37. The monoisotopic (exact) mass is 316 g/mol. The first-order valence-electron chi connectivity index (χ1n) is 7.72. The Bertz CT molecular complexity index is 660. The zero-order valence-corrected chi connectivity index (χ0v) is 13.5. The first-order valence-corrected chi connectivity index (χ1v) is 8.60. The van der Waals surface area contributed by atoms with Crippen molar-refractivity contribution >= 4 is 17.3 Å². The van der Waals surface area contributed by atoms with Gasteiger partial charge < -0.3 is 14.8 Å². The highest BCUT2D eigenvalue weighted by atomic mass is 32.1. The van der Waals surface area contributed by atoms with Crippen LogP contribution in [0.15, 0.2) is 29.6 Å². The molecule has 116 valence electrons. The van der Waals surface area contributed by atoms with Crippen molar-refractivity contribution < 1.29 is 14.8 Å². The molecule has 1 aromatic heterocycles. The molecule has 0 bridgehead atoms. The average molecular weight is 316 g/mol. The van der Waals surface area contributed by atoms with Crippen LogP contribution in [-0.2, 0) is 6.54 Å². The molecule has 0 radical (unpaired) electrons. The van der Waals surface area contributed by atoms with Gasteiger partial charge in [0.2, 0.25) is 0 Å². The minimum Gasteiger partial charge on any atom is -0.543 e. The molecule has 1 aromatic carbocycles. The van der Waals surface area contributed by atoms with Gasteiger partial charge in [0, 0.05) is 16.5 Å². The Morgan fingerprint density at radius 3 is 2.77 bits per heavy atom. The lowest BCUT2D eigenvalue weighted by molar-refractivity contribution is -0.919. The number of nitrogens with one attached hydrogen (secondary N) is 1. The Balaban J connectivity index is 1.81. The molecule has 2 heterocycles. The van der Waals surface area contributed by atoms with Crippen LogP contribution in [0.4, 0.5) is 0 Å². The second-order valence-electron chi connectivity index (χ2n) is 6.09. The first-order chi connectivity index (χ1) is 10.6. The molecular weight excluding hydrogens is 296 g/mol. The molecule has 1 aliphatic heterocycles. The lowest BCUT2D eigenvalue weighted by atomic mass is 9.98. The van der Waals surface area contributed by atoms with Crippen molar-refractivity contribution in [3.05, 3.63) is 40.9 Å². The quantitative estimate of drug-likeness (QED) is 0.915. The third kappa shape index (κ3) is 3.36. The van der Waals surface area contributed by atoms with Crippen LogP contribution in [0.5, 0.6) is 0 Å². The predicted molar refractivity (Wildman–Crippen MR) is 84.7 cm³/mol. The molecule has 3 rings (SSSR count). The van der Waals surface area contributed by atoms with E-state index in [9.17, 15) is 9.90 Å². The number of rotatable bonds is 4. The van der Waals surface area contributed by atoms with Gasteiger partial charge in [0.1, 0.15) is 11.6 Å². The van der Waals surface area contributed by atoms with Crippen molar-refractivity contribution in [3.8, 4) is 10.6 Å². The normalized spacial score (nSPS) is 21.7. The third-order valence-corrected chi connectivity index (χ3v) is 5.26. The average Bonchev–Trinajstić information content (AvgIpc) is 3.00. The number of quaternary nitrogens is 1. The maximum absolute atomic E-state index is 10.9. The van der Waals surface area contributed by atoms with Crippen molar-refractivity contribution in [2.75, 3.05) is 13.1 Å². The minimum atomic E-state index is -1.21. The lowest BCUT2D eigenvalue weighted by Crippen LogP contribution is -3.11. The number of nitrogens with zero attached hydrogens (tertiary/aromatic N) is 1. The highest BCUT2D eigenvalue weighted by Gasteiger charge is 2.20. The molecule has 5 heteroatoms. The molecule has 1 saturated heterocycles. The number of likely N-dealkylation sites (tertiary alicyclic amines) is 1. The van der Waals surface area contributed by atoms with Crippen LogP contribution >= 0.6 is 11.3 Å². The van der Waals surface area contributed by atoms with Crippen molar-refractivity contribution in [1.82, 2.24) is 4.98 Å². The van der Waals surface area contributed by atoms with Gasteiger partial charge in [-0.25, -0.2) is 4.98 Å². The second-order valence-corrected chi connectivity index (χ2v) is 6.95. The number of carboxylic acids is 1. The summed E-state index contributed by atoms with van der Waals surface area (Å²) in [6.07, 6.45) is 2.56. The van der Waals surface area contributed by atoms with Gasteiger partial charge in [-0.2, -0.15) is 0 Å². The molecule has 1 N–H and O–H groups in total. The number of hydrogen-bond donors (Lipinski definition) is 1. The number of thiazole rings is 1. The van der Waals surface area contributed by atoms with Crippen molar-refractivity contribution in [2.24, 2.45) is 5.92 Å². The Hall–Kier alpha value is -1.72. The molecular formula is C17H20N2O2S. The van der Waals surface area contributed by atoms with E-state index in [1.807, 2.05) is 18.2 Å². The summed E-state index contributed by atoms with van der Waals surface area (Å²) in [6, 6.07) is 8.17. The third-order valence-electron chi connectivity index (χ3n) is 4.38. The smallest absolute Gasteiger partial charge is 0.124 e. The summed E-state index contributed by atoms with van der Waals surface area (Å²) in [6.45, 7) is 5.71. The molecule has 0 spiro atoms. The van der Waals surface area contributed by atoms with E-state index in [1.54, 1.807) is 10.3 Å². The van der Waals surface area contributed by atoms with Gasteiger partial charge in [0.05, 0.1) is 24.8 Å². The first kappa shape index (κ1) is 15.2. The van der Waals surface area contributed by atoms with Crippen LogP contribution in [0, 0.1) is 5.92 Å². The number of benzene rings is 1. The summed E-state index contributed by atoms with van der Waals surface area (Å²) < 4.78 is 0. The van der Waals surface area contributed by atoms with Crippen LogP contribution in [0.1, 0.15) is 35.8 Å². The highest BCUT2D eigenvalue weighted by molar-refractivity contribution is 7.13. The van der Waals surface area contributed by atoms with E-state index in [4.69, 9.17) is 0 Å². The fourth-order valence-electron chi connectivity index (χ4n) is 2.99. The van der Waals surface area contributed by atoms with E-state index in [0.717, 1.165) is 23.0 Å². The van der Waals surface area contributed by atoms with Crippen LogP contribution < -0.4 is 10.0 Å². The largest absolute Gasteiger partial charge is 0.543 e. The van der Waals surface area contributed by atoms with Crippen LogP contribution in [0.2, 0.25) is 0 Å². The van der Waals surface area contributed by atoms with Gasteiger partial charge >= 0.3 is 0 Å². The molecule has 1 fully saturated rings. The van der Waals surface area contributed by atoms with Gasteiger partial charge in [0.15, 0.2) is 0 Å². The van der Waals surface area contributed by atoms with Gasteiger partial charge in [-0.05, 0) is 18.8 Å². The van der Waals surface area contributed by atoms with E-state index in [0.29, 0.717) is 0 Å². The summed E-state index contributed by atoms with van der Waals surface area (Å²) in [4.78, 5) is 16.7. The maximum Gasteiger partial charge on any atom is 0.124 e. The summed E-state index contributed by atoms with van der Waals surface area (Å²) in [5, 5.41) is 13.2. The van der Waals surface area contributed by atoms with Crippen molar-refractivity contribution in [2.45, 2.75) is 26.3 Å². The minimum absolute atomic E-state index is 0.0222. The Morgan fingerprint density at radius 1 is 1.36 bits per heavy atom. The molecule has 2 aromatic rings. The summed E-state index contributed by atoms with van der Waals surface area (Å²) in [5.74, 6) is -0.376. The number of piperidine rings is 1. The highest BCUT2D eigenvalue weighted by Crippen LogP contribution is 2.26.